The molecule has 0 radical (unpaired) electrons. The van der Waals surface area contributed by atoms with Gasteiger partial charge in [-0.2, -0.15) is 0 Å². The van der Waals surface area contributed by atoms with Crippen molar-refractivity contribution in [3.05, 3.63) is 36.2 Å². The van der Waals surface area contributed by atoms with Gasteiger partial charge in [-0.05, 0) is 17.0 Å². The molecule has 0 aliphatic rings. The highest BCUT2D eigenvalue weighted by Gasteiger charge is 2.19. The zero-order valence-corrected chi connectivity index (χ0v) is 9.45. The first-order chi connectivity index (χ1) is 6.86. The molecule has 0 amide bonds. The second-order valence-electron chi connectivity index (χ2n) is 4.61. The van der Waals surface area contributed by atoms with Gasteiger partial charge < -0.3 is 9.67 Å². The normalized spacial score (nSPS) is 11.4. The van der Waals surface area contributed by atoms with Gasteiger partial charge in [0.05, 0.1) is 0 Å². The lowest BCUT2D eigenvalue weighted by atomic mass is 9.89. The highest BCUT2D eigenvalue weighted by atomic mass is 16.4. The van der Waals surface area contributed by atoms with Crippen molar-refractivity contribution in [2.24, 2.45) is 0 Å². The van der Waals surface area contributed by atoms with Gasteiger partial charge in [0, 0.05) is 12.7 Å². The summed E-state index contributed by atoms with van der Waals surface area (Å²) in [4.78, 5) is 11.0. The molecule has 0 atom stereocenters. The molecular formula is C12H17NO2. The Morgan fingerprint density at radius 1 is 1.60 bits per heavy atom. The first-order valence-corrected chi connectivity index (χ1v) is 4.91. The Kier molecular flexibility index (Phi) is 3.03. The predicted molar refractivity (Wildman–Crippen MR) is 60.3 cm³/mol. The topological polar surface area (TPSA) is 42.2 Å². The molecule has 15 heavy (non-hydrogen) atoms. The van der Waals surface area contributed by atoms with Crippen molar-refractivity contribution in [2.45, 2.75) is 32.7 Å². The number of allylic oxidation sites excluding steroid dienone is 1. The number of nitrogens with zero attached hydrogens (tertiary/aromatic N) is 1. The highest BCUT2D eigenvalue weighted by molar-refractivity contribution is 5.86. The number of aromatic nitrogens is 1. The van der Waals surface area contributed by atoms with Crippen LogP contribution in [-0.2, 0) is 12.0 Å². The van der Waals surface area contributed by atoms with E-state index in [1.54, 1.807) is 16.7 Å². The number of carboxylic acids is 1. The van der Waals surface area contributed by atoms with Crippen LogP contribution in [0, 0.1) is 0 Å². The quantitative estimate of drug-likeness (QED) is 0.774. The Balaban J connectivity index is 3.20. The molecule has 0 unspecified atom stereocenters. The van der Waals surface area contributed by atoms with E-state index in [9.17, 15) is 4.79 Å². The molecular weight excluding hydrogens is 190 g/mol. The fraction of sp³-hybridized carbons (Fsp3) is 0.417. The molecule has 82 valence electrons. The smallest absolute Gasteiger partial charge is 0.352 e. The van der Waals surface area contributed by atoms with Gasteiger partial charge >= 0.3 is 5.97 Å². The number of hydrogen-bond acceptors (Lipinski definition) is 1. The maximum atomic E-state index is 11.0. The van der Waals surface area contributed by atoms with Crippen LogP contribution in [0.3, 0.4) is 0 Å². The van der Waals surface area contributed by atoms with Gasteiger partial charge in [0.2, 0.25) is 0 Å². The molecule has 3 nitrogen and oxygen atoms in total. The van der Waals surface area contributed by atoms with Gasteiger partial charge in [-0.15, -0.1) is 6.58 Å². The van der Waals surface area contributed by atoms with Crippen LogP contribution in [0.1, 0.15) is 36.8 Å². The van der Waals surface area contributed by atoms with Crippen LogP contribution in [0.5, 0.6) is 0 Å². The van der Waals surface area contributed by atoms with Crippen molar-refractivity contribution < 1.29 is 9.90 Å². The molecule has 0 saturated heterocycles. The Hall–Kier alpha value is -1.51. The van der Waals surface area contributed by atoms with Crippen LogP contribution in [0.2, 0.25) is 0 Å². The molecule has 1 N–H and O–H groups in total. The predicted octanol–water partition coefficient (Wildman–Crippen LogP) is 2.67. The van der Waals surface area contributed by atoms with E-state index in [2.05, 4.69) is 27.4 Å². The Bertz CT molecular complexity index is 383. The van der Waals surface area contributed by atoms with Crippen LogP contribution >= 0.6 is 0 Å². The van der Waals surface area contributed by atoms with Gasteiger partial charge in [-0.25, -0.2) is 4.79 Å². The van der Waals surface area contributed by atoms with Gasteiger partial charge in [-0.3, -0.25) is 0 Å². The first kappa shape index (κ1) is 11.6. The van der Waals surface area contributed by atoms with E-state index in [1.807, 2.05) is 6.20 Å². The molecule has 0 fully saturated rings. The van der Waals surface area contributed by atoms with Gasteiger partial charge in [0.25, 0.3) is 0 Å². The highest BCUT2D eigenvalue weighted by Crippen LogP contribution is 2.24. The molecule has 1 aromatic rings. The zero-order chi connectivity index (χ0) is 11.6. The summed E-state index contributed by atoms with van der Waals surface area (Å²) in [5.74, 6) is -0.896. The van der Waals surface area contributed by atoms with Crippen molar-refractivity contribution in [3.63, 3.8) is 0 Å². The number of hydrogen-bond donors (Lipinski definition) is 1. The average molecular weight is 207 g/mol. The maximum Gasteiger partial charge on any atom is 0.352 e. The summed E-state index contributed by atoms with van der Waals surface area (Å²) < 4.78 is 1.70. The van der Waals surface area contributed by atoms with Crippen molar-refractivity contribution in [2.75, 3.05) is 0 Å². The van der Waals surface area contributed by atoms with E-state index in [-0.39, 0.29) is 5.41 Å². The second kappa shape index (κ2) is 3.93. The zero-order valence-electron chi connectivity index (χ0n) is 9.45. The van der Waals surface area contributed by atoms with Crippen LogP contribution < -0.4 is 0 Å². The average Bonchev–Trinajstić information content (AvgIpc) is 2.48. The van der Waals surface area contributed by atoms with Crippen molar-refractivity contribution >= 4 is 5.97 Å². The summed E-state index contributed by atoms with van der Waals surface area (Å²) in [5.41, 5.74) is 1.32. The summed E-state index contributed by atoms with van der Waals surface area (Å²) in [7, 11) is 0. The standard InChI is InChI=1S/C12H17NO2/c1-5-6-13-8-9(12(2,3)4)7-10(13)11(14)15/h5,7-8H,1,6H2,2-4H3,(H,14,15). The van der Waals surface area contributed by atoms with Crippen molar-refractivity contribution in [3.8, 4) is 0 Å². The lowest BCUT2D eigenvalue weighted by molar-refractivity contribution is 0.0686. The van der Waals surface area contributed by atoms with E-state index in [1.165, 1.54) is 0 Å². The third-order valence-corrected chi connectivity index (χ3v) is 2.31. The SMILES string of the molecule is C=CCn1cc(C(C)(C)C)cc1C(=O)O. The Morgan fingerprint density at radius 2 is 2.20 bits per heavy atom. The van der Waals surface area contributed by atoms with Crippen molar-refractivity contribution in [1.29, 1.82) is 0 Å². The fourth-order valence-corrected chi connectivity index (χ4v) is 1.39. The molecule has 1 aromatic heterocycles. The first-order valence-electron chi connectivity index (χ1n) is 4.91. The molecule has 1 heterocycles. The number of aromatic carboxylic acids is 1. The number of rotatable bonds is 3. The molecule has 0 aliphatic heterocycles. The van der Waals surface area contributed by atoms with Gasteiger partial charge in [0.15, 0.2) is 0 Å². The van der Waals surface area contributed by atoms with Crippen LogP contribution in [0.4, 0.5) is 0 Å². The van der Waals surface area contributed by atoms with Crippen LogP contribution in [0.25, 0.3) is 0 Å². The van der Waals surface area contributed by atoms with E-state index < -0.39 is 5.97 Å². The molecule has 0 saturated carbocycles. The molecule has 3 heteroatoms. The summed E-state index contributed by atoms with van der Waals surface area (Å²) in [6.07, 6.45) is 3.57. The maximum absolute atomic E-state index is 11.0. The van der Waals surface area contributed by atoms with E-state index in [4.69, 9.17) is 5.11 Å². The molecule has 0 aliphatic carbocycles. The monoisotopic (exact) mass is 207 g/mol. The summed E-state index contributed by atoms with van der Waals surface area (Å²) in [6, 6.07) is 1.73. The minimum Gasteiger partial charge on any atom is -0.477 e. The second-order valence-corrected chi connectivity index (χ2v) is 4.61. The lowest BCUT2D eigenvalue weighted by Gasteiger charge is -2.15. The summed E-state index contributed by atoms with van der Waals surface area (Å²) in [5, 5.41) is 9.02. The fourth-order valence-electron chi connectivity index (χ4n) is 1.39. The molecule has 0 aromatic carbocycles. The van der Waals surface area contributed by atoms with Crippen LogP contribution in [0.15, 0.2) is 24.9 Å². The molecule has 0 spiro atoms. The Morgan fingerprint density at radius 3 is 2.60 bits per heavy atom. The van der Waals surface area contributed by atoms with E-state index >= 15 is 0 Å². The lowest BCUT2D eigenvalue weighted by Crippen LogP contribution is -2.09. The Labute approximate surface area is 90.0 Å². The summed E-state index contributed by atoms with van der Waals surface area (Å²) in [6.45, 7) is 10.3. The van der Waals surface area contributed by atoms with E-state index in [0.717, 1.165) is 5.56 Å². The largest absolute Gasteiger partial charge is 0.477 e. The minimum absolute atomic E-state index is 0.0311. The van der Waals surface area contributed by atoms with Crippen molar-refractivity contribution in [1.82, 2.24) is 4.57 Å². The number of carbonyl (C=O) groups is 1. The molecule has 0 bridgehead atoms. The summed E-state index contributed by atoms with van der Waals surface area (Å²) >= 11 is 0. The van der Waals surface area contributed by atoms with Crippen LogP contribution in [-0.4, -0.2) is 15.6 Å². The van der Waals surface area contributed by atoms with Gasteiger partial charge in [-0.1, -0.05) is 26.8 Å². The minimum atomic E-state index is -0.896. The van der Waals surface area contributed by atoms with Gasteiger partial charge in [0.1, 0.15) is 5.69 Å². The van der Waals surface area contributed by atoms with E-state index in [0.29, 0.717) is 12.2 Å². The molecule has 1 rings (SSSR count). The number of carboxylic acid groups (broad SMARTS) is 1. The third-order valence-electron chi connectivity index (χ3n) is 2.31. The third kappa shape index (κ3) is 2.49.